The molecule has 2 aromatic carbocycles. The fraction of sp³-hybridized carbons (Fsp3) is 0.395. The van der Waals surface area contributed by atoms with E-state index in [1.165, 1.54) is 16.9 Å². The fourth-order valence-electron chi connectivity index (χ4n) is 9.22. The van der Waals surface area contributed by atoms with Gasteiger partial charge in [0.1, 0.15) is 11.5 Å². The van der Waals surface area contributed by atoms with Gasteiger partial charge in [-0.2, -0.15) is 5.10 Å². The van der Waals surface area contributed by atoms with Gasteiger partial charge in [-0.1, -0.05) is 36.2 Å². The maximum Gasteiger partial charge on any atom is 0.242 e. The smallest absolute Gasteiger partial charge is 0.242 e. The van der Waals surface area contributed by atoms with E-state index >= 15 is 0 Å². The van der Waals surface area contributed by atoms with Crippen LogP contribution in [0.4, 0.5) is 5.82 Å². The van der Waals surface area contributed by atoms with Crippen LogP contribution in [-0.2, 0) is 26.2 Å². The molecule has 2 aliphatic carbocycles. The number of phenolic OH excluding ortho intramolecular Hbond substituents is 1. The second kappa shape index (κ2) is 11.5. The Bertz CT molecular complexity index is 2190. The summed E-state index contributed by atoms with van der Waals surface area (Å²) in [5, 5.41) is 17.4. The minimum absolute atomic E-state index is 0.0901. The summed E-state index contributed by atoms with van der Waals surface area (Å²) < 4.78 is 7.95. The van der Waals surface area contributed by atoms with E-state index < -0.39 is 35.0 Å². The predicted molar refractivity (Wildman–Crippen MR) is 190 cm³/mol. The number of aromatic hydroxyl groups is 1. The number of phenols is 1. The first kappa shape index (κ1) is 32.7. The highest BCUT2D eigenvalue weighted by Crippen LogP contribution is 2.64. The van der Waals surface area contributed by atoms with Gasteiger partial charge in [0.25, 0.3) is 0 Å². The normalized spacial score (nSPS) is 27.6. The third kappa shape index (κ3) is 4.41. The Morgan fingerprint density at radius 1 is 1.06 bits per heavy atom. The second-order valence-electron chi connectivity index (χ2n) is 14.1. The molecule has 1 N–H and O–H groups in total. The van der Waals surface area contributed by atoms with Crippen molar-refractivity contribution >= 4 is 62.5 Å². The van der Waals surface area contributed by atoms with Gasteiger partial charge in [-0.05, 0) is 85.9 Å². The molecule has 258 valence electrons. The molecule has 8 rings (SSSR count). The van der Waals surface area contributed by atoms with E-state index in [0.29, 0.717) is 41.5 Å². The number of halogens is 1. The number of benzene rings is 2. The molecule has 4 aliphatic rings. The maximum atomic E-state index is 15.0. The van der Waals surface area contributed by atoms with Crippen molar-refractivity contribution < 1.29 is 29.0 Å². The average Bonchev–Trinajstić information content (AvgIpc) is 3.75. The molecule has 0 spiro atoms. The van der Waals surface area contributed by atoms with Crippen LogP contribution in [0.5, 0.6) is 11.5 Å². The van der Waals surface area contributed by atoms with Gasteiger partial charge in [0.15, 0.2) is 11.5 Å². The number of amides is 4. The number of anilines is 1. The van der Waals surface area contributed by atoms with Gasteiger partial charge in [0, 0.05) is 35.3 Å². The first-order valence-electron chi connectivity index (χ1n) is 16.9. The summed E-state index contributed by atoms with van der Waals surface area (Å²) in [7, 11) is 3.19. The Kier molecular flexibility index (Phi) is 7.54. The van der Waals surface area contributed by atoms with Crippen molar-refractivity contribution in [3.63, 3.8) is 0 Å². The largest absolute Gasteiger partial charge is 0.504 e. The lowest BCUT2D eigenvalue weighted by Crippen LogP contribution is -2.48. The monoisotopic (exact) mass is 712 g/mol. The molecule has 0 unspecified atom stereocenters. The van der Waals surface area contributed by atoms with Crippen molar-refractivity contribution in [2.45, 2.75) is 46.0 Å². The SMILES string of the molecule is CCCN1C(=O)[C@H]2[C@H](CC=C3[C@H]2C[C@H]2C(=O)N(c4cc(-c5sc6ccc(Cl)cc6c5C)nn4C)C(=O)[C@@]2(C)[C@H]3c2ccc(OC)c(O)c2)C1=O. The zero-order valence-electron chi connectivity index (χ0n) is 28.4. The molecule has 4 amide bonds. The van der Waals surface area contributed by atoms with Crippen LogP contribution in [0.1, 0.15) is 50.2 Å². The molecule has 4 heterocycles. The van der Waals surface area contributed by atoms with Crippen molar-refractivity contribution in [1.82, 2.24) is 14.7 Å². The molecule has 12 heteroatoms. The van der Waals surface area contributed by atoms with Crippen LogP contribution in [0.2, 0.25) is 5.02 Å². The summed E-state index contributed by atoms with van der Waals surface area (Å²) in [4.78, 5) is 60.6. The van der Waals surface area contributed by atoms with Crippen LogP contribution in [0.25, 0.3) is 20.7 Å². The average molecular weight is 713 g/mol. The minimum atomic E-state index is -1.25. The number of hydrogen-bond acceptors (Lipinski definition) is 8. The van der Waals surface area contributed by atoms with E-state index in [-0.39, 0.29) is 41.5 Å². The molecule has 50 heavy (non-hydrogen) atoms. The molecule has 2 aromatic heterocycles. The standard InChI is InChI=1S/C38H37ClN4O6S/c1-6-13-42-34(45)22-10-9-21-24(31(22)36(42)47)16-25-35(46)43(37(48)38(25,3)32(21)19-7-11-28(49-5)27(44)14-19)30-17-26(40-41(30)4)33-18(2)23-15-20(39)8-12-29(23)50-33/h7-9,11-12,14-15,17,22,24-25,31-32,44H,6,10,13,16H2,1-5H3/t22-,24+,25-,31-,32-,38+/m0/s1. The van der Waals surface area contributed by atoms with E-state index in [1.54, 1.807) is 41.3 Å². The minimum Gasteiger partial charge on any atom is -0.504 e. The predicted octanol–water partition coefficient (Wildman–Crippen LogP) is 6.62. The lowest BCUT2D eigenvalue weighted by Gasteiger charge is -2.49. The molecule has 1 saturated carbocycles. The number of aryl methyl sites for hydroxylation is 2. The zero-order valence-corrected chi connectivity index (χ0v) is 30.0. The molecule has 10 nitrogen and oxygen atoms in total. The van der Waals surface area contributed by atoms with Crippen molar-refractivity contribution in [2.75, 3.05) is 18.6 Å². The topological polar surface area (TPSA) is 122 Å². The number of allylic oxidation sites excluding steroid dienone is 2. The molecule has 2 aliphatic heterocycles. The summed E-state index contributed by atoms with van der Waals surface area (Å²) in [6.07, 6.45) is 3.29. The van der Waals surface area contributed by atoms with Gasteiger partial charge in [-0.15, -0.1) is 11.3 Å². The maximum absolute atomic E-state index is 15.0. The molecule has 2 saturated heterocycles. The Morgan fingerprint density at radius 3 is 2.56 bits per heavy atom. The number of carbonyl (C=O) groups is 4. The van der Waals surface area contributed by atoms with Gasteiger partial charge < -0.3 is 9.84 Å². The van der Waals surface area contributed by atoms with Crippen LogP contribution < -0.4 is 9.64 Å². The van der Waals surface area contributed by atoms with Crippen LogP contribution in [0.3, 0.4) is 0 Å². The van der Waals surface area contributed by atoms with Crippen molar-refractivity contribution in [1.29, 1.82) is 0 Å². The van der Waals surface area contributed by atoms with E-state index in [4.69, 9.17) is 21.4 Å². The number of aromatic nitrogens is 2. The molecular formula is C38H37ClN4O6S. The Labute approximate surface area is 298 Å². The van der Waals surface area contributed by atoms with Crippen molar-refractivity contribution in [3.8, 4) is 22.1 Å². The zero-order chi connectivity index (χ0) is 35.4. The number of carbonyl (C=O) groups excluding carboxylic acids is 4. The summed E-state index contributed by atoms with van der Waals surface area (Å²) >= 11 is 7.87. The summed E-state index contributed by atoms with van der Waals surface area (Å²) in [5.41, 5.74) is 1.90. The highest BCUT2D eigenvalue weighted by atomic mass is 35.5. The highest BCUT2D eigenvalue weighted by Gasteiger charge is 2.68. The van der Waals surface area contributed by atoms with Gasteiger partial charge in [0.2, 0.25) is 23.6 Å². The first-order chi connectivity index (χ1) is 23.9. The number of fused-ring (bicyclic) bond motifs is 5. The Balaban J connectivity index is 1.25. The number of hydrogen-bond donors (Lipinski definition) is 1. The van der Waals surface area contributed by atoms with E-state index in [2.05, 4.69) is 0 Å². The second-order valence-corrected chi connectivity index (χ2v) is 15.6. The molecule has 0 radical (unpaired) electrons. The number of ether oxygens (including phenoxy) is 1. The van der Waals surface area contributed by atoms with Crippen LogP contribution in [-0.4, -0.2) is 57.1 Å². The summed E-state index contributed by atoms with van der Waals surface area (Å²) in [6, 6.07) is 12.6. The molecule has 6 atom stereocenters. The van der Waals surface area contributed by atoms with Crippen molar-refractivity contribution in [2.24, 2.45) is 36.1 Å². The Morgan fingerprint density at radius 2 is 1.84 bits per heavy atom. The number of thiophene rings is 1. The lowest BCUT2D eigenvalue weighted by atomic mass is 9.51. The Hall–Kier alpha value is -4.48. The summed E-state index contributed by atoms with van der Waals surface area (Å²) in [6.45, 7) is 6.12. The fourth-order valence-corrected chi connectivity index (χ4v) is 10.5. The number of methoxy groups -OCH3 is 1. The van der Waals surface area contributed by atoms with Crippen molar-refractivity contribution in [3.05, 3.63) is 70.3 Å². The summed E-state index contributed by atoms with van der Waals surface area (Å²) in [5.74, 6) is -3.53. The van der Waals surface area contributed by atoms with E-state index in [1.807, 2.05) is 51.1 Å². The van der Waals surface area contributed by atoms with E-state index in [0.717, 1.165) is 26.1 Å². The molecule has 0 bridgehead atoms. The van der Waals surface area contributed by atoms with E-state index in [9.17, 15) is 24.3 Å². The first-order valence-corrected chi connectivity index (χ1v) is 18.1. The third-order valence-electron chi connectivity index (χ3n) is 11.6. The number of imide groups is 2. The lowest BCUT2D eigenvalue weighted by molar-refractivity contribution is -0.140. The van der Waals surface area contributed by atoms with Crippen LogP contribution in [0.15, 0.2) is 54.1 Å². The van der Waals surface area contributed by atoms with Gasteiger partial charge in [-0.3, -0.25) is 28.8 Å². The third-order valence-corrected chi connectivity index (χ3v) is 13.1. The highest BCUT2D eigenvalue weighted by molar-refractivity contribution is 7.22. The number of nitrogens with zero attached hydrogens (tertiary/aromatic N) is 4. The molecular weight excluding hydrogens is 676 g/mol. The van der Waals surface area contributed by atoms with Crippen LogP contribution >= 0.6 is 22.9 Å². The van der Waals surface area contributed by atoms with Gasteiger partial charge in [-0.25, -0.2) is 4.90 Å². The molecule has 3 fully saturated rings. The van der Waals surface area contributed by atoms with Gasteiger partial charge >= 0.3 is 0 Å². The van der Waals surface area contributed by atoms with Gasteiger partial charge in [0.05, 0.1) is 35.2 Å². The quantitative estimate of drug-likeness (QED) is 0.176. The molecule has 4 aromatic rings. The van der Waals surface area contributed by atoms with Crippen LogP contribution in [0, 0.1) is 36.0 Å². The number of likely N-dealkylation sites (tertiary alicyclic amines) is 1. The number of rotatable bonds is 6.